The zero-order chi connectivity index (χ0) is 17.0. The van der Waals surface area contributed by atoms with Crippen LogP contribution in [0.15, 0.2) is 0 Å². The molecule has 0 aromatic heterocycles. The number of likely N-dealkylation sites (N-methyl/N-ethyl adjacent to an activating group) is 1. The van der Waals surface area contributed by atoms with Gasteiger partial charge in [-0.15, -0.1) is 0 Å². The molecular weight excluding hydrogens is 290 g/mol. The molecule has 132 valence electrons. The second-order valence-electron chi connectivity index (χ2n) is 7.21. The quantitative estimate of drug-likeness (QED) is 0.749. The molecule has 2 aliphatic heterocycles. The highest BCUT2D eigenvalue weighted by atomic mass is 16.2. The number of amides is 2. The number of fused-ring (bicyclic) bond motifs is 1. The van der Waals surface area contributed by atoms with Crippen molar-refractivity contribution < 1.29 is 9.59 Å². The Hall–Kier alpha value is -1.10. The van der Waals surface area contributed by atoms with E-state index in [1.807, 2.05) is 18.7 Å². The first-order valence-corrected chi connectivity index (χ1v) is 9.28. The minimum Gasteiger partial charge on any atom is -0.342 e. The highest BCUT2D eigenvalue weighted by Gasteiger charge is 2.40. The summed E-state index contributed by atoms with van der Waals surface area (Å²) in [4.78, 5) is 31.1. The third-order valence-electron chi connectivity index (χ3n) is 5.50. The van der Waals surface area contributed by atoms with Crippen LogP contribution in [0.4, 0.5) is 0 Å². The predicted molar refractivity (Wildman–Crippen MR) is 92.0 cm³/mol. The van der Waals surface area contributed by atoms with Gasteiger partial charge in [-0.1, -0.05) is 27.7 Å². The van der Waals surface area contributed by atoms with Crippen molar-refractivity contribution in [2.75, 3.05) is 39.3 Å². The summed E-state index contributed by atoms with van der Waals surface area (Å²) in [5.41, 5.74) is 0. The first-order chi connectivity index (χ1) is 11.0. The van der Waals surface area contributed by atoms with Gasteiger partial charge >= 0.3 is 0 Å². The third kappa shape index (κ3) is 4.25. The fraction of sp³-hybridized carbons (Fsp3) is 0.889. The fourth-order valence-corrected chi connectivity index (χ4v) is 4.00. The molecular formula is C18H33N3O2. The minimum atomic E-state index is 0.0653. The summed E-state index contributed by atoms with van der Waals surface area (Å²) < 4.78 is 0. The van der Waals surface area contributed by atoms with Crippen LogP contribution in [-0.2, 0) is 9.59 Å². The van der Waals surface area contributed by atoms with Crippen molar-refractivity contribution in [2.45, 2.75) is 53.0 Å². The number of carbonyl (C=O) groups excluding carboxylic acids is 2. The number of hydrogen-bond donors (Lipinski definition) is 0. The van der Waals surface area contributed by atoms with Crippen LogP contribution in [0.5, 0.6) is 0 Å². The smallest absolute Gasteiger partial charge is 0.225 e. The maximum Gasteiger partial charge on any atom is 0.225 e. The van der Waals surface area contributed by atoms with E-state index in [4.69, 9.17) is 0 Å². The van der Waals surface area contributed by atoms with Gasteiger partial charge in [0.1, 0.15) is 0 Å². The van der Waals surface area contributed by atoms with Crippen LogP contribution >= 0.6 is 0 Å². The van der Waals surface area contributed by atoms with E-state index in [0.717, 1.165) is 52.1 Å². The highest BCUT2D eigenvalue weighted by Crippen LogP contribution is 2.31. The molecule has 0 unspecified atom stereocenters. The van der Waals surface area contributed by atoms with Crippen LogP contribution in [0.1, 0.15) is 47.0 Å². The first-order valence-electron chi connectivity index (χ1n) is 9.28. The number of carbonyl (C=O) groups is 2. The van der Waals surface area contributed by atoms with Gasteiger partial charge in [0.05, 0.1) is 0 Å². The topological polar surface area (TPSA) is 43.9 Å². The van der Waals surface area contributed by atoms with E-state index in [0.29, 0.717) is 24.3 Å². The van der Waals surface area contributed by atoms with Crippen molar-refractivity contribution in [3.05, 3.63) is 0 Å². The zero-order valence-corrected chi connectivity index (χ0v) is 15.3. The Morgan fingerprint density at radius 1 is 1.26 bits per heavy atom. The van der Waals surface area contributed by atoms with Gasteiger partial charge in [-0.05, 0) is 31.8 Å². The molecule has 0 spiro atoms. The average Bonchev–Trinajstić information content (AvgIpc) is 2.56. The summed E-state index contributed by atoms with van der Waals surface area (Å²) in [7, 11) is 0. The summed E-state index contributed by atoms with van der Waals surface area (Å²) in [6.45, 7) is 13.7. The van der Waals surface area contributed by atoms with E-state index in [1.54, 1.807) is 0 Å². The Morgan fingerprint density at radius 3 is 2.57 bits per heavy atom. The van der Waals surface area contributed by atoms with E-state index in [2.05, 4.69) is 23.6 Å². The maximum atomic E-state index is 12.4. The largest absolute Gasteiger partial charge is 0.342 e. The molecule has 2 rings (SSSR count). The fourth-order valence-electron chi connectivity index (χ4n) is 4.00. The summed E-state index contributed by atoms with van der Waals surface area (Å²) in [5, 5.41) is 0. The normalized spacial score (nSPS) is 25.2. The molecule has 2 aliphatic rings. The second kappa shape index (κ2) is 8.13. The lowest BCUT2D eigenvalue weighted by molar-refractivity contribution is -0.145. The zero-order valence-electron chi connectivity index (χ0n) is 15.3. The van der Waals surface area contributed by atoms with E-state index in [9.17, 15) is 9.59 Å². The third-order valence-corrected chi connectivity index (χ3v) is 5.50. The SMILES string of the molecule is CCN(CC)CCN1C(=O)CC[C@@H]2CN(C(=O)C(C)C)CC[C@@H]21. The molecule has 0 aromatic carbocycles. The molecule has 5 nitrogen and oxygen atoms in total. The van der Waals surface area contributed by atoms with Crippen LogP contribution in [0, 0.1) is 11.8 Å². The minimum absolute atomic E-state index is 0.0653. The lowest BCUT2D eigenvalue weighted by Gasteiger charge is -2.47. The molecule has 2 heterocycles. The first kappa shape index (κ1) is 18.2. The van der Waals surface area contributed by atoms with Crippen molar-refractivity contribution in [3.8, 4) is 0 Å². The van der Waals surface area contributed by atoms with Gasteiger partial charge < -0.3 is 14.7 Å². The van der Waals surface area contributed by atoms with Crippen LogP contribution < -0.4 is 0 Å². The summed E-state index contributed by atoms with van der Waals surface area (Å²) >= 11 is 0. The number of piperidine rings is 2. The van der Waals surface area contributed by atoms with Crippen LogP contribution in [0.3, 0.4) is 0 Å². The molecule has 2 saturated heterocycles. The Kier molecular flexibility index (Phi) is 6.45. The van der Waals surface area contributed by atoms with Crippen molar-refractivity contribution in [1.82, 2.24) is 14.7 Å². The molecule has 0 saturated carbocycles. The monoisotopic (exact) mass is 323 g/mol. The van der Waals surface area contributed by atoms with Gasteiger partial charge in [0.2, 0.25) is 11.8 Å². The van der Waals surface area contributed by atoms with Crippen molar-refractivity contribution >= 4 is 11.8 Å². The lowest BCUT2D eigenvalue weighted by atomic mass is 9.83. The van der Waals surface area contributed by atoms with Crippen LogP contribution in [0.2, 0.25) is 0 Å². The van der Waals surface area contributed by atoms with E-state index < -0.39 is 0 Å². The van der Waals surface area contributed by atoms with Gasteiger partial charge in [-0.25, -0.2) is 0 Å². The average molecular weight is 323 g/mol. The van der Waals surface area contributed by atoms with Gasteiger partial charge in [0.25, 0.3) is 0 Å². The Morgan fingerprint density at radius 2 is 1.96 bits per heavy atom. The number of likely N-dealkylation sites (tertiary alicyclic amines) is 2. The van der Waals surface area contributed by atoms with Gasteiger partial charge in [-0.2, -0.15) is 0 Å². The number of rotatable bonds is 6. The Bertz CT molecular complexity index is 420. The second-order valence-corrected chi connectivity index (χ2v) is 7.21. The molecule has 0 aromatic rings. The predicted octanol–water partition coefficient (Wildman–Crippen LogP) is 1.82. The molecule has 2 amide bonds. The molecule has 0 bridgehead atoms. The van der Waals surface area contributed by atoms with Crippen molar-refractivity contribution in [1.29, 1.82) is 0 Å². The Balaban J connectivity index is 1.97. The van der Waals surface area contributed by atoms with Gasteiger partial charge in [0, 0.05) is 44.6 Å². The van der Waals surface area contributed by atoms with Crippen LogP contribution in [0.25, 0.3) is 0 Å². The highest BCUT2D eigenvalue weighted by molar-refractivity contribution is 5.79. The van der Waals surface area contributed by atoms with E-state index >= 15 is 0 Å². The molecule has 23 heavy (non-hydrogen) atoms. The number of nitrogens with zero attached hydrogens (tertiary/aromatic N) is 3. The molecule has 2 atom stereocenters. The standard InChI is InChI=1S/C18H33N3O2/c1-5-19(6-2)11-12-21-16-9-10-20(18(23)14(3)4)13-15(16)7-8-17(21)22/h14-16H,5-13H2,1-4H3/t15-,16+/m1/s1. The molecule has 2 fully saturated rings. The molecule has 0 aliphatic carbocycles. The molecule has 0 radical (unpaired) electrons. The number of hydrogen-bond acceptors (Lipinski definition) is 3. The summed E-state index contributed by atoms with van der Waals surface area (Å²) in [5.74, 6) is 1.09. The summed E-state index contributed by atoms with van der Waals surface area (Å²) in [6.07, 6.45) is 2.52. The van der Waals surface area contributed by atoms with Gasteiger partial charge in [-0.3, -0.25) is 9.59 Å². The lowest BCUT2D eigenvalue weighted by Crippen LogP contribution is -2.58. The van der Waals surface area contributed by atoms with Gasteiger partial charge in [0.15, 0.2) is 0 Å². The van der Waals surface area contributed by atoms with E-state index in [1.165, 1.54) is 0 Å². The molecule has 0 N–H and O–H groups in total. The Labute approximate surface area is 141 Å². The molecule has 5 heteroatoms. The summed E-state index contributed by atoms with van der Waals surface area (Å²) in [6, 6.07) is 0.336. The van der Waals surface area contributed by atoms with Crippen molar-refractivity contribution in [3.63, 3.8) is 0 Å². The maximum absolute atomic E-state index is 12.4. The van der Waals surface area contributed by atoms with Crippen LogP contribution in [-0.4, -0.2) is 71.8 Å². The van der Waals surface area contributed by atoms with E-state index in [-0.39, 0.29) is 11.8 Å². The van der Waals surface area contributed by atoms with Crippen molar-refractivity contribution in [2.24, 2.45) is 11.8 Å².